The SMILES string of the molecule is OC1(C(F)(F)F)CNCCNC1. The smallest absolute Gasteiger partial charge is 0.378 e. The number of hydrogen-bond donors (Lipinski definition) is 3. The lowest BCUT2D eigenvalue weighted by Crippen LogP contribution is -2.56. The maximum Gasteiger partial charge on any atom is 0.419 e. The number of alkyl halides is 3. The highest BCUT2D eigenvalue weighted by atomic mass is 19.4. The van der Waals surface area contributed by atoms with E-state index in [2.05, 4.69) is 10.6 Å². The van der Waals surface area contributed by atoms with E-state index >= 15 is 0 Å². The number of β-amino-alcohol motifs (C(OH)–C–C–N with tert-alkyl or cyclic N) is 1. The lowest BCUT2D eigenvalue weighted by atomic mass is 10.0. The number of halogens is 3. The van der Waals surface area contributed by atoms with Gasteiger partial charge in [0.1, 0.15) is 0 Å². The van der Waals surface area contributed by atoms with Crippen molar-refractivity contribution in [2.75, 3.05) is 26.2 Å². The standard InChI is InChI=1S/C6H11F3N2O/c7-6(8,9)5(12)3-10-1-2-11-4-5/h10-12H,1-4H2. The van der Waals surface area contributed by atoms with Crippen LogP contribution in [0.4, 0.5) is 13.2 Å². The normalized spacial score (nSPS) is 25.0. The van der Waals surface area contributed by atoms with Crippen molar-refractivity contribution < 1.29 is 18.3 Å². The van der Waals surface area contributed by atoms with Gasteiger partial charge in [0.2, 0.25) is 0 Å². The van der Waals surface area contributed by atoms with Crippen molar-refractivity contribution >= 4 is 0 Å². The summed E-state index contributed by atoms with van der Waals surface area (Å²) in [6, 6.07) is 0. The van der Waals surface area contributed by atoms with Crippen LogP contribution in [-0.4, -0.2) is 43.1 Å². The average molecular weight is 184 g/mol. The van der Waals surface area contributed by atoms with Gasteiger partial charge in [0, 0.05) is 26.2 Å². The van der Waals surface area contributed by atoms with Crippen molar-refractivity contribution in [3.63, 3.8) is 0 Å². The molecule has 0 saturated carbocycles. The molecule has 0 radical (unpaired) electrons. The zero-order valence-corrected chi connectivity index (χ0v) is 6.41. The molecule has 1 aliphatic heterocycles. The highest BCUT2D eigenvalue weighted by molar-refractivity contribution is 4.92. The molecular formula is C6H11F3N2O. The van der Waals surface area contributed by atoms with Crippen molar-refractivity contribution in [2.24, 2.45) is 0 Å². The van der Waals surface area contributed by atoms with Crippen LogP contribution >= 0.6 is 0 Å². The Bertz CT molecular complexity index is 151. The van der Waals surface area contributed by atoms with Crippen LogP contribution in [0.15, 0.2) is 0 Å². The van der Waals surface area contributed by atoms with E-state index < -0.39 is 24.9 Å². The summed E-state index contributed by atoms with van der Waals surface area (Å²) in [5.41, 5.74) is -2.62. The maximum absolute atomic E-state index is 12.2. The molecule has 0 bridgehead atoms. The van der Waals surface area contributed by atoms with Gasteiger partial charge in [0.15, 0.2) is 5.60 Å². The van der Waals surface area contributed by atoms with Gasteiger partial charge in [-0.3, -0.25) is 0 Å². The van der Waals surface area contributed by atoms with Crippen molar-refractivity contribution in [3.05, 3.63) is 0 Å². The van der Waals surface area contributed by atoms with Gasteiger partial charge in [-0.25, -0.2) is 0 Å². The van der Waals surface area contributed by atoms with Crippen molar-refractivity contribution in [1.29, 1.82) is 0 Å². The summed E-state index contributed by atoms with van der Waals surface area (Å²) < 4.78 is 36.5. The Kier molecular flexibility index (Phi) is 2.60. The van der Waals surface area contributed by atoms with E-state index in [0.29, 0.717) is 13.1 Å². The molecule has 1 aliphatic rings. The van der Waals surface area contributed by atoms with Crippen LogP contribution in [-0.2, 0) is 0 Å². The molecule has 0 aliphatic carbocycles. The molecule has 0 spiro atoms. The van der Waals surface area contributed by atoms with Gasteiger partial charge in [0.25, 0.3) is 0 Å². The van der Waals surface area contributed by atoms with Crippen LogP contribution in [0.2, 0.25) is 0 Å². The summed E-state index contributed by atoms with van der Waals surface area (Å²) in [4.78, 5) is 0. The summed E-state index contributed by atoms with van der Waals surface area (Å²) >= 11 is 0. The predicted octanol–water partition coefficient (Wildman–Crippen LogP) is -0.527. The molecule has 0 atom stereocenters. The quantitative estimate of drug-likeness (QED) is 0.474. The van der Waals surface area contributed by atoms with Gasteiger partial charge in [-0.15, -0.1) is 0 Å². The molecule has 1 fully saturated rings. The molecule has 3 N–H and O–H groups in total. The first kappa shape index (κ1) is 9.76. The zero-order valence-electron chi connectivity index (χ0n) is 6.41. The molecule has 0 unspecified atom stereocenters. The van der Waals surface area contributed by atoms with Crippen LogP contribution in [0.5, 0.6) is 0 Å². The van der Waals surface area contributed by atoms with Crippen LogP contribution < -0.4 is 10.6 Å². The van der Waals surface area contributed by atoms with Crippen LogP contribution in [0, 0.1) is 0 Å². The number of aliphatic hydroxyl groups is 1. The van der Waals surface area contributed by atoms with Crippen molar-refractivity contribution in [2.45, 2.75) is 11.8 Å². The molecule has 72 valence electrons. The third-order valence-electron chi connectivity index (χ3n) is 1.84. The molecule has 3 nitrogen and oxygen atoms in total. The summed E-state index contributed by atoms with van der Waals surface area (Å²) in [6.45, 7) is 0.00375. The van der Waals surface area contributed by atoms with Crippen molar-refractivity contribution in [3.8, 4) is 0 Å². The second-order valence-corrected chi connectivity index (χ2v) is 2.88. The first-order valence-corrected chi connectivity index (χ1v) is 3.66. The number of hydrogen-bond acceptors (Lipinski definition) is 3. The molecule has 6 heteroatoms. The average Bonchev–Trinajstić information content (AvgIpc) is 2.12. The molecule has 1 heterocycles. The fourth-order valence-electron chi connectivity index (χ4n) is 1.03. The van der Waals surface area contributed by atoms with E-state index in [-0.39, 0.29) is 0 Å². The highest BCUT2D eigenvalue weighted by Gasteiger charge is 2.53. The Labute approximate surface area is 67.9 Å². The fraction of sp³-hybridized carbons (Fsp3) is 1.00. The minimum atomic E-state index is -4.57. The maximum atomic E-state index is 12.2. The Morgan fingerprint density at radius 3 is 1.83 bits per heavy atom. The molecule has 0 aromatic heterocycles. The molecule has 0 amide bonds. The summed E-state index contributed by atoms with van der Waals surface area (Å²) in [6.07, 6.45) is -4.57. The van der Waals surface area contributed by atoms with Gasteiger partial charge in [0.05, 0.1) is 0 Å². The van der Waals surface area contributed by atoms with Gasteiger partial charge >= 0.3 is 6.18 Å². The second kappa shape index (κ2) is 3.20. The van der Waals surface area contributed by atoms with Crippen molar-refractivity contribution in [1.82, 2.24) is 10.6 Å². The largest absolute Gasteiger partial charge is 0.419 e. The van der Waals surface area contributed by atoms with Crippen LogP contribution in [0.3, 0.4) is 0 Å². The van der Waals surface area contributed by atoms with E-state index in [4.69, 9.17) is 5.11 Å². The Hall–Kier alpha value is -0.330. The Morgan fingerprint density at radius 2 is 1.50 bits per heavy atom. The molecule has 1 rings (SSSR count). The number of rotatable bonds is 0. The lowest BCUT2D eigenvalue weighted by molar-refractivity contribution is -0.254. The lowest BCUT2D eigenvalue weighted by Gasteiger charge is -2.28. The predicted molar refractivity (Wildman–Crippen MR) is 36.7 cm³/mol. The van der Waals surface area contributed by atoms with E-state index in [1.165, 1.54) is 0 Å². The molecule has 0 aromatic carbocycles. The first-order valence-electron chi connectivity index (χ1n) is 3.66. The van der Waals surface area contributed by atoms with Gasteiger partial charge in [-0.05, 0) is 0 Å². The molecule has 12 heavy (non-hydrogen) atoms. The Balaban J connectivity index is 2.67. The minimum absolute atomic E-state index is 0.441. The van der Waals surface area contributed by atoms with Crippen LogP contribution in [0.1, 0.15) is 0 Å². The monoisotopic (exact) mass is 184 g/mol. The summed E-state index contributed by atoms with van der Waals surface area (Å²) in [5, 5.41) is 14.2. The number of nitrogens with one attached hydrogen (secondary N) is 2. The van der Waals surface area contributed by atoms with Gasteiger partial charge in [-0.1, -0.05) is 0 Å². The highest BCUT2D eigenvalue weighted by Crippen LogP contribution is 2.29. The fourth-order valence-corrected chi connectivity index (χ4v) is 1.03. The molecular weight excluding hydrogens is 173 g/mol. The van der Waals surface area contributed by atoms with E-state index in [1.54, 1.807) is 0 Å². The molecule has 0 aromatic rings. The molecule has 1 saturated heterocycles. The van der Waals surface area contributed by atoms with E-state index in [9.17, 15) is 13.2 Å². The first-order chi connectivity index (χ1) is 5.46. The summed E-state index contributed by atoms with van der Waals surface area (Å²) in [7, 11) is 0. The Morgan fingerprint density at radius 1 is 1.08 bits per heavy atom. The summed E-state index contributed by atoms with van der Waals surface area (Å²) in [5.74, 6) is 0. The minimum Gasteiger partial charge on any atom is -0.378 e. The second-order valence-electron chi connectivity index (χ2n) is 2.88. The van der Waals surface area contributed by atoms with Gasteiger partial charge < -0.3 is 15.7 Å². The topological polar surface area (TPSA) is 44.3 Å². The van der Waals surface area contributed by atoms with Gasteiger partial charge in [-0.2, -0.15) is 13.2 Å². The zero-order chi connectivity index (χ0) is 9.24. The van der Waals surface area contributed by atoms with E-state index in [0.717, 1.165) is 0 Å². The third kappa shape index (κ3) is 1.88. The van der Waals surface area contributed by atoms with E-state index in [1.807, 2.05) is 0 Å². The van der Waals surface area contributed by atoms with Crippen LogP contribution in [0.25, 0.3) is 0 Å². The third-order valence-corrected chi connectivity index (χ3v) is 1.84.